The molecule has 0 unspecified atom stereocenters. The topological polar surface area (TPSA) is 41.9 Å². The lowest BCUT2D eigenvalue weighted by Crippen LogP contribution is -2.36. The Morgan fingerprint density at radius 2 is 2.09 bits per heavy atom. The van der Waals surface area contributed by atoms with Crippen LogP contribution in [0.2, 0.25) is 5.02 Å². The van der Waals surface area contributed by atoms with Crippen molar-refractivity contribution in [2.75, 3.05) is 5.32 Å². The lowest BCUT2D eigenvalue weighted by Gasteiger charge is -2.14. The molecule has 0 radical (unpaired) electrons. The van der Waals surface area contributed by atoms with Gasteiger partial charge >= 0.3 is 0 Å². The Balaban J connectivity index is 1.63. The van der Waals surface area contributed by atoms with Crippen molar-refractivity contribution in [2.24, 2.45) is 0 Å². The van der Waals surface area contributed by atoms with Crippen molar-refractivity contribution in [3.05, 3.63) is 45.5 Å². The van der Waals surface area contributed by atoms with Gasteiger partial charge in [-0.3, -0.25) is 4.68 Å². The monoisotopic (exact) mass is 412 g/mol. The largest absolute Gasteiger partial charge is 0.360 e. The predicted molar refractivity (Wildman–Crippen MR) is 102 cm³/mol. The van der Waals surface area contributed by atoms with Crippen LogP contribution in [0.5, 0.6) is 0 Å². The lowest BCUT2D eigenvalue weighted by atomic mass is 10.2. The molecule has 0 aliphatic heterocycles. The summed E-state index contributed by atoms with van der Waals surface area (Å²) in [6.45, 7) is 0.614. The molecule has 1 aromatic carbocycles. The van der Waals surface area contributed by atoms with E-state index in [9.17, 15) is 0 Å². The summed E-state index contributed by atoms with van der Waals surface area (Å²) < 4.78 is 2.71. The van der Waals surface area contributed by atoms with Gasteiger partial charge in [0.25, 0.3) is 0 Å². The van der Waals surface area contributed by atoms with Crippen LogP contribution in [0.15, 0.2) is 34.9 Å². The second-order valence-corrected chi connectivity index (χ2v) is 7.36. The first kappa shape index (κ1) is 16.7. The Kier molecular flexibility index (Phi) is 5.56. The van der Waals surface area contributed by atoms with Gasteiger partial charge < -0.3 is 10.6 Å². The van der Waals surface area contributed by atoms with E-state index < -0.39 is 0 Å². The molecule has 4 nitrogen and oxygen atoms in total. The molecule has 1 fully saturated rings. The molecular formula is C16H18BrClN4S. The molecule has 0 saturated heterocycles. The van der Waals surface area contributed by atoms with Crippen molar-refractivity contribution in [1.82, 2.24) is 15.1 Å². The summed E-state index contributed by atoms with van der Waals surface area (Å²) in [6.07, 6.45) is 6.84. The molecule has 7 heteroatoms. The highest BCUT2D eigenvalue weighted by atomic mass is 79.9. The van der Waals surface area contributed by atoms with Crippen molar-refractivity contribution in [3.8, 4) is 0 Å². The molecule has 3 rings (SSSR count). The number of benzene rings is 1. The fourth-order valence-electron chi connectivity index (χ4n) is 2.76. The summed E-state index contributed by atoms with van der Waals surface area (Å²) in [5.41, 5.74) is 1.03. The highest BCUT2D eigenvalue weighted by Crippen LogP contribution is 2.23. The minimum atomic E-state index is 0.485. The number of hydrogen-bond donors (Lipinski definition) is 2. The smallest absolute Gasteiger partial charge is 0.172 e. The molecule has 0 atom stereocenters. The molecule has 23 heavy (non-hydrogen) atoms. The van der Waals surface area contributed by atoms with Crippen LogP contribution in [0.25, 0.3) is 0 Å². The maximum Gasteiger partial charge on any atom is 0.172 e. The van der Waals surface area contributed by atoms with Crippen LogP contribution < -0.4 is 10.6 Å². The summed E-state index contributed by atoms with van der Waals surface area (Å²) in [4.78, 5) is 0. The van der Waals surface area contributed by atoms with E-state index in [1.54, 1.807) is 0 Å². The van der Waals surface area contributed by atoms with Gasteiger partial charge in [-0.1, -0.05) is 42.6 Å². The van der Waals surface area contributed by atoms with Crippen molar-refractivity contribution < 1.29 is 0 Å². The van der Waals surface area contributed by atoms with Gasteiger partial charge in [-0.15, -0.1) is 0 Å². The van der Waals surface area contributed by atoms with Crippen molar-refractivity contribution in [1.29, 1.82) is 0 Å². The van der Waals surface area contributed by atoms with Gasteiger partial charge in [0.2, 0.25) is 0 Å². The molecule has 2 N–H and O–H groups in total. The third kappa shape index (κ3) is 4.46. The van der Waals surface area contributed by atoms with Crippen LogP contribution >= 0.6 is 39.7 Å². The summed E-state index contributed by atoms with van der Waals surface area (Å²) in [7, 11) is 0. The molecule has 1 saturated carbocycles. The number of nitrogens with zero attached hydrogens (tertiary/aromatic N) is 2. The Morgan fingerprint density at radius 1 is 1.35 bits per heavy atom. The Bertz CT molecular complexity index is 697. The molecule has 1 aliphatic rings. The average Bonchev–Trinajstić information content (AvgIpc) is 3.12. The fraction of sp³-hybridized carbons (Fsp3) is 0.375. The molecule has 2 aromatic rings. The molecule has 122 valence electrons. The van der Waals surface area contributed by atoms with Gasteiger partial charge in [-0.2, -0.15) is 5.10 Å². The van der Waals surface area contributed by atoms with E-state index in [4.69, 9.17) is 23.8 Å². The number of rotatable bonds is 4. The van der Waals surface area contributed by atoms with Gasteiger partial charge in [0.05, 0.1) is 11.0 Å². The zero-order valence-electron chi connectivity index (χ0n) is 12.6. The standard InChI is InChI=1S/C16H18BrClN4S/c17-13-10-22(9-11-5-1-4-8-14(11)18)21-15(13)20-16(23)19-12-6-2-3-7-12/h1,4-5,8,10,12H,2-3,6-7,9H2,(H2,19,20,21,23). The lowest BCUT2D eigenvalue weighted by molar-refractivity contribution is 0.634. The van der Waals surface area contributed by atoms with Crippen molar-refractivity contribution in [2.45, 2.75) is 38.3 Å². The molecule has 1 heterocycles. The second kappa shape index (κ2) is 7.64. The number of nitrogens with one attached hydrogen (secondary N) is 2. The van der Waals surface area contributed by atoms with Crippen LogP contribution in [0.3, 0.4) is 0 Å². The van der Waals surface area contributed by atoms with Crippen LogP contribution in [0.4, 0.5) is 5.82 Å². The maximum atomic E-state index is 6.20. The minimum absolute atomic E-state index is 0.485. The van der Waals surface area contributed by atoms with Gasteiger partial charge in [0, 0.05) is 17.3 Å². The van der Waals surface area contributed by atoms with E-state index in [1.165, 1.54) is 25.7 Å². The van der Waals surface area contributed by atoms with E-state index in [0.29, 0.717) is 23.5 Å². The molecule has 1 aliphatic carbocycles. The molecule has 0 bridgehead atoms. The minimum Gasteiger partial charge on any atom is -0.360 e. The van der Waals surface area contributed by atoms with Gasteiger partial charge in [0.15, 0.2) is 10.9 Å². The average molecular weight is 414 g/mol. The molecule has 0 spiro atoms. The highest BCUT2D eigenvalue weighted by Gasteiger charge is 2.16. The van der Waals surface area contributed by atoms with Crippen LogP contribution in [0, 0.1) is 0 Å². The van der Waals surface area contributed by atoms with Gasteiger partial charge in [-0.05, 0) is 52.6 Å². The Labute approximate surface area is 154 Å². The SMILES string of the molecule is S=C(Nc1nn(Cc2ccccc2Cl)cc1Br)NC1CCCC1. The summed E-state index contributed by atoms with van der Waals surface area (Å²) >= 11 is 15.1. The van der Waals surface area contributed by atoms with Crippen molar-refractivity contribution >= 4 is 50.7 Å². The number of halogens is 2. The van der Waals surface area contributed by atoms with E-state index in [1.807, 2.05) is 35.1 Å². The van der Waals surface area contributed by atoms with Crippen LogP contribution in [-0.2, 0) is 6.54 Å². The first-order chi connectivity index (χ1) is 11.1. The normalized spacial score (nSPS) is 14.9. The highest BCUT2D eigenvalue weighted by molar-refractivity contribution is 9.10. The quantitative estimate of drug-likeness (QED) is 0.720. The maximum absolute atomic E-state index is 6.20. The second-order valence-electron chi connectivity index (χ2n) is 5.69. The third-order valence-corrected chi connectivity index (χ3v) is 5.10. The number of aromatic nitrogens is 2. The third-order valence-electron chi connectivity index (χ3n) is 3.93. The van der Waals surface area contributed by atoms with Crippen molar-refractivity contribution in [3.63, 3.8) is 0 Å². The summed E-state index contributed by atoms with van der Waals surface area (Å²) in [5, 5.41) is 12.4. The van der Waals surface area contributed by atoms with Crippen LogP contribution in [-0.4, -0.2) is 20.9 Å². The number of anilines is 1. The fourth-order valence-corrected chi connectivity index (χ4v) is 3.64. The molecule has 1 aromatic heterocycles. The summed E-state index contributed by atoms with van der Waals surface area (Å²) in [5.74, 6) is 0.715. The molecular weight excluding hydrogens is 396 g/mol. The summed E-state index contributed by atoms with van der Waals surface area (Å²) in [6, 6.07) is 8.26. The Hall–Kier alpha value is -1.11. The number of hydrogen-bond acceptors (Lipinski definition) is 2. The zero-order valence-corrected chi connectivity index (χ0v) is 15.7. The van der Waals surface area contributed by atoms with E-state index in [-0.39, 0.29) is 0 Å². The first-order valence-corrected chi connectivity index (χ1v) is 9.23. The van der Waals surface area contributed by atoms with E-state index >= 15 is 0 Å². The zero-order chi connectivity index (χ0) is 16.2. The number of thiocarbonyl (C=S) groups is 1. The van der Waals surface area contributed by atoms with Crippen LogP contribution in [0.1, 0.15) is 31.2 Å². The van der Waals surface area contributed by atoms with E-state index in [0.717, 1.165) is 15.1 Å². The van der Waals surface area contributed by atoms with Gasteiger partial charge in [-0.25, -0.2) is 0 Å². The molecule has 0 amide bonds. The van der Waals surface area contributed by atoms with E-state index in [2.05, 4.69) is 31.7 Å². The predicted octanol–water partition coefficient (Wildman–Crippen LogP) is 4.58. The first-order valence-electron chi connectivity index (χ1n) is 7.65. The van der Waals surface area contributed by atoms with Gasteiger partial charge in [0.1, 0.15) is 0 Å². The Morgan fingerprint density at radius 3 is 2.83 bits per heavy atom.